The molecule has 0 radical (unpaired) electrons. The molecule has 1 N–H and O–H groups in total. The van der Waals surface area contributed by atoms with Crippen LogP contribution in [-0.4, -0.2) is 0 Å². The highest BCUT2D eigenvalue weighted by molar-refractivity contribution is 6.30. The van der Waals surface area contributed by atoms with Gasteiger partial charge in [-0.05, 0) is 67.6 Å². The molecule has 0 spiro atoms. The molecule has 106 valence electrons. The monoisotopic (exact) mass is 287 g/mol. The van der Waals surface area contributed by atoms with E-state index in [1.165, 1.54) is 27.8 Å². The van der Waals surface area contributed by atoms with Gasteiger partial charge in [-0.2, -0.15) is 0 Å². The molecular formula is C18H22ClN. The van der Waals surface area contributed by atoms with Crippen molar-refractivity contribution < 1.29 is 0 Å². The van der Waals surface area contributed by atoms with Gasteiger partial charge in [-0.3, -0.25) is 0 Å². The standard InChI is InChI=1S/C18H22ClN/c1-12-9-14(3)17(10-13(12)2)11-20-15(4)16-5-7-18(19)8-6-16/h5-10,15,20H,11H2,1-4H3/t15-/m1/s1. The second-order valence-electron chi connectivity index (χ2n) is 5.52. The van der Waals surface area contributed by atoms with Crippen LogP contribution in [0.4, 0.5) is 0 Å². The Morgan fingerprint density at radius 3 is 2.20 bits per heavy atom. The summed E-state index contributed by atoms with van der Waals surface area (Å²) >= 11 is 5.92. The average molecular weight is 288 g/mol. The van der Waals surface area contributed by atoms with Crippen LogP contribution in [0.3, 0.4) is 0 Å². The first kappa shape index (κ1) is 15.1. The van der Waals surface area contributed by atoms with Crippen molar-refractivity contribution in [2.24, 2.45) is 0 Å². The van der Waals surface area contributed by atoms with Crippen molar-refractivity contribution in [3.05, 3.63) is 69.2 Å². The van der Waals surface area contributed by atoms with Gasteiger partial charge in [-0.15, -0.1) is 0 Å². The molecule has 2 aromatic rings. The second kappa shape index (κ2) is 6.43. The second-order valence-corrected chi connectivity index (χ2v) is 5.95. The van der Waals surface area contributed by atoms with E-state index in [2.05, 4.69) is 57.3 Å². The maximum atomic E-state index is 5.92. The normalized spacial score (nSPS) is 12.4. The summed E-state index contributed by atoms with van der Waals surface area (Å²) < 4.78 is 0. The minimum atomic E-state index is 0.313. The van der Waals surface area contributed by atoms with E-state index < -0.39 is 0 Å². The smallest absolute Gasteiger partial charge is 0.0406 e. The van der Waals surface area contributed by atoms with Crippen molar-refractivity contribution in [2.75, 3.05) is 0 Å². The van der Waals surface area contributed by atoms with Crippen LogP contribution in [0, 0.1) is 20.8 Å². The first-order valence-electron chi connectivity index (χ1n) is 7.03. The molecule has 0 aliphatic rings. The molecule has 2 heteroatoms. The largest absolute Gasteiger partial charge is 0.306 e. The van der Waals surface area contributed by atoms with Gasteiger partial charge in [-0.1, -0.05) is 35.9 Å². The Labute approximate surface area is 127 Å². The topological polar surface area (TPSA) is 12.0 Å². The summed E-state index contributed by atoms with van der Waals surface area (Å²) in [6.07, 6.45) is 0. The van der Waals surface area contributed by atoms with E-state index in [9.17, 15) is 0 Å². The van der Waals surface area contributed by atoms with Gasteiger partial charge in [0.2, 0.25) is 0 Å². The van der Waals surface area contributed by atoms with Crippen LogP contribution in [0.25, 0.3) is 0 Å². The molecule has 0 aliphatic heterocycles. The van der Waals surface area contributed by atoms with Crippen molar-refractivity contribution in [3.63, 3.8) is 0 Å². The summed E-state index contributed by atoms with van der Waals surface area (Å²) in [5, 5.41) is 4.36. The molecule has 0 fully saturated rings. The van der Waals surface area contributed by atoms with E-state index in [4.69, 9.17) is 11.6 Å². The van der Waals surface area contributed by atoms with E-state index in [1.54, 1.807) is 0 Å². The molecule has 0 heterocycles. The highest BCUT2D eigenvalue weighted by Crippen LogP contribution is 2.19. The molecule has 0 aliphatic carbocycles. The minimum absolute atomic E-state index is 0.313. The third-order valence-electron chi connectivity index (χ3n) is 3.92. The fraction of sp³-hybridized carbons (Fsp3) is 0.333. The molecule has 1 atom stereocenters. The molecule has 0 bridgehead atoms. The first-order chi connectivity index (χ1) is 9.47. The van der Waals surface area contributed by atoms with E-state index in [0.29, 0.717) is 6.04 Å². The molecule has 20 heavy (non-hydrogen) atoms. The summed E-state index contributed by atoms with van der Waals surface area (Å²) in [5.41, 5.74) is 6.69. The summed E-state index contributed by atoms with van der Waals surface area (Å²) in [7, 11) is 0. The number of nitrogens with one attached hydrogen (secondary N) is 1. The van der Waals surface area contributed by atoms with Gasteiger partial charge in [0, 0.05) is 17.6 Å². The zero-order valence-corrected chi connectivity index (χ0v) is 13.4. The Bertz CT molecular complexity index is 587. The van der Waals surface area contributed by atoms with E-state index in [-0.39, 0.29) is 0 Å². The van der Waals surface area contributed by atoms with Gasteiger partial charge in [0.15, 0.2) is 0 Å². The lowest BCUT2D eigenvalue weighted by Gasteiger charge is -2.16. The lowest BCUT2D eigenvalue weighted by atomic mass is 10.0. The van der Waals surface area contributed by atoms with Crippen molar-refractivity contribution in [1.29, 1.82) is 0 Å². The van der Waals surface area contributed by atoms with Gasteiger partial charge in [0.05, 0.1) is 0 Å². The highest BCUT2D eigenvalue weighted by Gasteiger charge is 2.07. The summed E-state index contributed by atoms with van der Waals surface area (Å²) in [6, 6.07) is 12.9. The molecular weight excluding hydrogens is 266 g/mol. The van der Waals surface area contributed by atoms with Crippen LogP contribution in [0.2, 0.25) is 5.02 Å². The Hall–Kier alpha value is -1.31. The molecule has 0 aromatic heterocycles. The number of aryl methyl sites for hydroxylation is 3. The van der Waals surface area contributed by atoms with Gasteiger partial charge in [0.1, 0.15) is 0 Å². The van der Waals surface area contributed by atoms with Crippen LogP contribution >= 0.6 is 11.6 Å². The number of rotatable bonds is 4. The molecule has 0 saturated carbocycles. The number of hydrogen-bond acceptors (Lipinski definition) is 1. The van der Waals surface area contributed by atoms with Gasteiger partial charge in [0.25, 0.3) is 0 Å². The van der Waals surface area contributed by atoms with Gasteiger partial charge < -0.3 is 5.32 Å². The fourth-order valence-corrected chi connectivity index (χ4v) is 2.47. The minimum Gasteiger partial charge on any atom is -0.306 e. The lowest BCUT2D eigenvalue weighted by molar-refractivity contribution is 0.573. The highest BCUT2D eigenvalue weighted by atomic mass is 35.5. The zero-order valence-electron chi connectivity index (χ0n) is 12.6. The van der Waals surface area contributed by atoms with Crippen LogP contribution in [0.15, 0.2) is 36.4 Å². The molecule has 0 amide bonds. The SMILES string of the molecule is Cc1cc(C)c(CN[C@H](C)c2ccc(Cl)cc2)cc1C. The maximum Gasteiger partial charge on any atom is 0.0406 e. The third-order valence-corrected chi connectivity index (χ3v) is 4.17. The molecule has 0 unspecified atom stereocenters. The summed E-state index contributed by atoms with van der Waals surface area (Å²) in [6.45, 7) is 9.57. The first-order valence-corrected chi connectivity index (χ1v) is 7.40. The van der Waals surface area contributed by atoms with Crippen molar-refractivity contribution in [1.82, 2.24) is 5.32 Å². The van der Waals surface area contributed by atoms with Gasteiger partial charge >= 0.3 is 0 Å². The molecule has 1 nitrogen and oxygen atoms in total. The van der Waals surface area contributed by atoms with Gasteiger partial charge in [-0.25, -0.2) is 0 Å². The van der Waals surface area contributed by atoms with E-state index >= 15 is 0 Å². The van der Waals surface area contributed by atoms with E-state index in [0.717, 1.165) is 11.6 Å². The van der Waals surface area contributed by atoms with Crippen LogP contribution in [0.5, 0.6) is 0 Å². The number of hydrogen-bond donors (Lipinski definition) is 1. The Kier molecular flexibility index (Phi) is 4.85. The molecule has 2 aromatic carbocycles. The predicted molar refractivity (Wildman–Crippen MR) is 87.4 cm³/mol. The molecule has 0 saturated heterocycles. The van der Waals surface area contributed by atoms with Crippen molar-refractivity contribution >= 4 is 11.6 Å². The third kappa shape index (κ3) is 3.62. The Morgan fingerprint density at radius 2 is 1.55 bits per heavy atom. The number of halogens is 1. The van der Waals surface area contributed by atoms with Crippen LogP contribution < -0.4 is 5.32 Å². The summed E-state index contributed by atoms with van der Waals surface area (Å²) in [5.74, 6) is 0. The average Bonchev–Trinajstić information content (AvgIpc) is 2.42. The maximum absolute atomic E-state index is 5.92. The quantitative estimate of drug-likeness (QED) is 0.823. The van der Waals surface area contributed by atoms with Crippen LogP contribution in [-0.2, 0) is 6.54 Å². The predicted octanol–water partition coefficient (Wildman–Crippen LogP) is 5.12. The lowest BCUT2D eigenvalue weighted by Crippen LogP contribution is -2.18. The zero-order chi connectivity index (χ0) is 14.7. The number of benzene rings is 2. The van der Waals surface area contributed by atoms with E-state index in [1.807, 2.05) is 12.1 Å². The molecule has 2 rings (SSSR count). The Balaban J connectivity index is 2.05. The van der Waals surface area contributed by atoms with Crippen LogP contribution in [0.1, 0.15) is 40.8 Å². The summed E-state index contributed by atoms with van der Waals surface area (Å²) in [4.78, 5) is 0. The van der Waals surface area contributed by atoms with Crippen molar-refractivity contribution in [2.45, 2.75) is 40.3 Å². The Morgan fingerprint density at radius 1 is 0.950 bits per heavy atom. The van der Waals surface area contributed by atoms with Crippen molar-refractivity contribution in [3.8, 4) is 0 Å². The fourth-order valence-electron chi connectivity index (χ4n) is 2.34.